The second-order valence-corrected chi connectivity index (χ2v) is 5.04. The summed E-state index contributed by atoms with van der Waals surface area (Å²) in [5.41, 5.74) is 2.36. The maximum absolute atomic E-state index is 12.2. The van der Waals surface area contributed by atoms with Crippen LogP contribution in [0.3, 0.4) is 0 Å². The van der Waals surface area contributed by atoms with E-state index in [4.69, 9.17) is 16.9 Å². The highest BCUT2D eigenvalue weighted by atomic mass is 35.5. The molecule has 0 spiro atoms. The van der Waals surface area contributed by atoms with Crippen LogP contribution >= 0.6 is 11.6 Å². The number of amides is 1. The minimum Gasteiger partial charge on any atom is -0.332 e. The van der Waals surface area contributed by atoms with Gasteiger partial charge in [-0.15, -0.1) is 5.10 Å². The van der Waals surface area contributed by atoms with Crippen LogP contribution in [0.2, 0.25) is 5.02 Å². The first-order chi connectivity index (χ1) is 10.7. The topological polar surface area (TPSA) is 83.6 Å². The average molecular weight is 312 g/mol. The van der Waals surface area contributed by atoms with E-state index >= 15 is 0 Å². The van der Waals surface area contributed by atoms with E-state index in [9.17, 15) is 4.79 Å². The summed E-state index contributed by atoms with van der Waals surface area (Å²) in [6.07, 6.45) is 0. The number of nitrogens with zero attached hydrogens (tertiary/aromatic N) is 4. The van der Waals surface area contributed by atoms with Gasteiger partial charge in [0.1, 0.15) is 11.0 Å². The molecule has 3 aromatic rings. The van der Waals surface area contributed by atoms with Crippen LogP contribution in [0.15, 0.2) is 42.5 Å². The number of hydrogen-bond donors (Lipinski definition) is 1. The fourth-order valence-corrected chi connectivity index (χ4v) is 2.25. The third-order valence-corrected chi connectivity index (χ3v) is 3.33. The first kappa shape index (κ1) is 14.0. The van der Waals surface area contributed by atoms with Crippen molar-refractivity contribution in [1.82, 2.24) is 20.3 Å². The summed E-state index contributed by atoms with van der Waals surface area (Å²) in [4.78, 5) is 12.2. The van der Waals surface area contributed by atoms with E-state index in [1.54, 1.807) is 30.3 Å². The second-order valence-electron chi connectivity index (χ2n) is 4.61. The molecule has 108 valence electrons. The van der Waals surface area contributed by atoms with Crippen LogP contribution in [-0.4, -0.2) is 21.0 Å². The Morgan fingerprint density at radius 1 is 1.32 bits per heavy atom. The molecule has 0 atom stereocenters. The third-order valence-electron chi connectivity index (χ3n) is 3.10. The van der Waals surface area contributed by atoms with E-state index in [0.29, 0.717) is 28.2 Å². The van der Waals surface area contributed by atoms with Crippen molar-refractivity contribution in [2.75, 3.05) is 0 Å². The number of aromatic nitrogens is 3. The average Bonchev–Trinajstić information content (AvgIpc) is 2.95. The van der Waals surface area contributed by atoms with Gasteiger partial charge in [-0.05, 0) is 35.9 Å². The highest BCUT2D eigenvalue weighted by molar-refractivity contribution is 6.30. The lowest BCUT2D eigenvalue weighted by Crippen LogP contribution is -2.28. The van der Waals surface area contributed by atoms with Crippen molar-refractivity contribution in [3.8, 4) is 6.07 Å². The zero-order chi connectivity index (χ0) is 15.5. The van der Waals surface area contributed by atoms with Crippen molar-refractivity contribution in [2.24, 2.45) is 0 Å². The van der Waals surface area contributed by atoms with Crippen LogP contribution < -0.4 is 5.32 Å². The number of hydrogen-bond acceptors (Lipinski definition) is 4. The number of nitriles is 1. The van der Waals surface area contributed by atoms with Crippen molar-refractivity contribution in [3.05, 3.63) is 58.6 Å². The molecular weight excluding hydrogens is 302 g/mol. The van der Waals surface area contributed by atoms with Gasteiger partial charge in [0.2, 0.25) is 0 Å². The standard InChI is InChI=1S/C15H10ClN5O/c16-12-3-1-2-11(6-12)9-18-15(22)21-14-7-10(8-17)4-5-13(14)19-20-21/h1-7H,9H2,(H,18,22). The predicted molar refractivity (Wildman–Crippen MR) is 81.3 cm³/mol. The number of benzene rings is 2. The molecule has 0 aliphatic carbocycles. The molecule has 7 heteroatoms. The van der Waals surface area contributed by atoms with Gasteiger partial charge in [-0.25, -0.2) is 4.79 Å². The van der Waals surface area contributed by atoms with Crippen molar-refractivity contribution in [1.29, 1.82) is 5.26 Å². The van der Waals surface area contributed by atoms with Gasteiger partial charge in [0.25, 0.3) is 0 Å². The van der Waals surface area contributed by atoms with Gasteiger partial charge in [0.05, 0.1) is 11.6 Å². The molecule has 1 heterocycles. The monoisotopic (exact) mass is 311 g/mol. The molecular formula is C15H10ClN5O. The molecule has 0 fully saturated rings. The Morgan fingerprint density at radius 2 is 2.18 bits per heavy atom. The Hall–Kier alpha value is -2.91. The Bertz CT molecular complexity index is 896. The fourth-order valence-electron chi connectivity index (χ4n) is 2.04. The Morgan fingerprint density at radius 3 is 2.95 bits per heavy atom. The molecule has 0 unspecified atom stereocenters. The van der Waals surface area contributed by atoms with Crippen molar-refractivity contribution >= 4 is 28.7 Å². The van der Waals surface area contributed by atoms with Gasteiger partial charge in [0.15, 0.2) is 0 Å². The summed E-state index contributed by atoms with van der Waals surface area (Å²) < 4.78 is 1.14. The largest absolute Gasteiger partial charge is 0.344 e. The smallest absolute Gasteiger partial charge is 0.332 e. The van der Waals surface area contributed by atoms with E-state index in [0.717, 1.165) is 10.2 Å². The molecule has 3 rings (SSSR count). The molecule has 0 saturated heterocycles. The van der Waals surface area contributed by atoms with Crippen molar-refractivity contribution in [2.45, 2.75) is 6.54 Å². The number of nitrogens with one attached hydrogen (secondary N) is 1. The molecule has 2 aromatic carbocycles. The Balaban J connectivity index is 1.82. The van der Waals surface area contributed by atoms with E-state index < -0.39 is 6.03 Å². The summed E-state index contributed by atoms with van der Waals surface area (Å²) in [5, 5.41) is 20.0. The van der Waals surface area contributed by atoms with Crippen molar-refractivity contribution in [3.63, 3.8) is 0 Å². The van der Waals surface area contributed by atoms with Gasteiger partial charge < -0.3 is 5.32 Å². The molecule has 1 aromatic heterocycles. The van der Waals surface area contributed by atoms with E-state index in [1.165, 1.54) is 0 Å². The minimum atomic E-state index is -0.419. The predicted octanol–water partition coefficient (Wildman–Crippen LogP) is 2.71. The number of rotatable bonds is 2. The fraction of sp³-hybridized carbons (Fsp3) is 0.0667. The van der Waals surface area contributed by atoms with Crippen LogP contribution in [0.25, 0.3) is 11.0 Å². The maximum atomic E-state index is 12.2. The molecule has 0 bridgehead atoms. The Kier molecular flexibility index (Phi) is 3.73. The first-order valence-corrected chi connectivity index (χ1v) is 6.83. The van der Waals surface area contributed by atoms with Crippen LogP contribution in [-0.2, 0) is 6.54 Å². The number of carbonyl (C=O) groups excluding carboxylic acids is 1. The van der Waals surface area contributed by atoms with Gasteiger partial charge in [-0.1, -0.05) is 28.9 Å². The zero-order valence-corrected chi connectivity index (χ0v) is 12.1. The molecule has 1 N–H and O–H groups in total. The molecule has 22 heavy (non-hydrogen) atoms. The molecule has 6 nitrogen and oxygen atoms in total. The van der Waals surface area contributed by atoms with Crippen LogP contribution in [0.1, 0.15) is 11.1 Å². The zero-order valence-electron chi connectivity index (χ0n) is 11.3. The van der Waals surface area contributed by atoms with E-state index in [1.807, 2.05) is 18.2 Å². The minimum absolute atomic E-state index is 0.318. The van der Waals surface area contributed by atoms with E-state index in [-0.39, 0.29) is 0 Å². The molecule has 0 radical (unpaired) electrons. The Labute approximate surface area is 130 Å². The molecule has 0 aliphatic heterocycles. The second kappa shape index (κ2) is 5.84. The summed E-state index contributed by atoms with van der Waals surface area (Å²) in [7, 11) is 0. The summed E-state index contributed by atoms with van der Waals surface area (Å²) in [5.74, 6) is 0. The first-order valence-electron chi connectivity index (χ1n) is 6.45. The van der Waals surface area contributed by atoms with Crippen LogP contribution in [0, 0.1) is 11.3 Å². The number of fused-ring (bicyclic) bond motifs is 1. The quantitative estimate of drug-likeness (QED) is 0.788. The lowest BCUT2D eigenvalue weighted by Gasteiger charge is -2.05. The SMILES string of the molecule is N#Cc1ccc2nnn(C(=O)NCc3cccc(Cl)c3)c2c1. The van der Waals surface area contributed by atoms with Gasteiger partial charge in [-0.3, -0.25) is 0 Å². The highest BCUT2D eigenvalue weighted by Gasteiger charge is 2.12. The normalized spacial score (nSPS) is 10.4. The van der Waals surface area contributed by atoms with Gasteiger partial charge >= 0.3 is 6.03 Å². The third kappa shape index (κ3) is 2.75. The highest BCUT2D eigenvalue weighted by Crippen LogP contribution is 2.13. The van der Waals surface area contributed by atoms with Crippen LogP contribution in [0.4, 0.5) is 4.79 Å². The lowest BCUT2D eigenvalue weighted by molar-refractivity contribution is 0.239. The maximum Gasteiger partial charge on any atom is 0.344 e. The number of carbonyl (C=O) groups is 1. The molecule has 0 aliphatic rings. The molecule has 1 amide bonds. The summed E-state index contributed by atoms with van der Waals surface area (Å²) in [6.45, 7) is 0.318. The van der Waals surface area contributed by atoms with Gasteiger partial charge in [-0.2, -0.15) is 9.94 Å². The van der Waals surface area contributed by atoms with Gasteiger partial charge in [0, 0.05) is 11.6 Å². The lowest BCUT2D eigenvalue weighted by atomic mass is 10.2. The van der Waals surface area contributed by atoms with E-state index in [2.05, 4.69) is 15.6 Å². The number of halogens is 1. The molecule has 0 saturated carbocycles. The van der Waals surface area contributed by atoms with Crippen molar-refractivity contribution < 1.29 is 4.79 Å². The summed E-state index contributed by atoms with van der Waals surface area (Å²) in [6, 6.07) is 13.7. The summed E-state index contributed by atoms with van der Waals surface area (Å²) >= 11 is 5.90. The van der Waals surface area contributed by atoms with Crippen LogP contribution in [0.5, 0.6) is 0 Å².